The van der Waals surface area contributed by atoms with Crippen LogP contribution in [0.5, 0.6) is 0 Å². The molecule has 1 unspecified atom stereocenters. The van der Waals surface area contributed by atoms with Gasteiger partial charge in [0.05, 0.1) is 23.1 Å². The Morgan fingerprint density at radius 3 is 2.79 bits per heavy atom. The van der Waals surface area contributed by atoms with Crippen molar-refractivity contribution in [2.45, 2.75) is 31.9 Å². The number of aromatic nitrogens is 2. The normalized spacial score (nSPS) is 16.5. The fourth-order valence-electron chi connectivity index (χ4n) is 3.75. The number of nitrogens with zero attached hydrogens (tertiary/aromatic N) is 2. The van der Waals surface area contributed by atoms with Crippen LogP contribution in [0.3, 0.4) is 0 Å². The van der Waals surface area contributed by atoms with Crippen molar-refractivity contribution in [2.75, 3.05) is 19.6 Å². The molecule has 1 amide bonds. The summed E-state index contributed by atoms with van der Waals surface area (Å²) in [7, 11) is 0. The first kappa shape index (κ1) is 18.7. The van der Waals surface area contributed by atoms with E-state index < -0.39 is 12.0 Å². The number of benzene rings is 2. The number of aliphatic hydroxyl groups is 1. The lowest BCUT2D eigenvalue weighted by Crippen LogP contribution is -2.42. The summed E-state index contributed by atoms with van der Waals surface area (Å²) in [5.74, 6) is 0.101. The van der Waals surface area contributed by atoms with Crippen LogP contribution in [0, 0.1) is 0 Å². The molecule has 0 saturated heterocycles. The smallest absolute Gasteiger partial charge is 0.230 e. The van der Waals surface area contributed by atoms with Gasteiger partial charge in [0.25, 0.3) is 0 Å². The van der Waals surface area contributed by atoms with E-state index in [2.05, 4.69) is 44.5 Å². The van der Waals surface area contributed by atoms with Gasteiger partial charge in [0, 0.05) is 26.2 Å². The van der Waals surface area contributed by atoms with E-state index in [1.165, 1.54) is 11.1 Å². The van der Waals surface area contributed by atoms with Crippen LogP contribution in [0.1, 0.15) is 29.8 Å². The third-order valence-corrected chi connectivity index (χ3v) is 5.40. The first-order valence-electron chi connectivity index (χ1n) is 9.79. The fourth-order valence-corrected chi connectivity index (χ4v) is 3.75. The Bertz CT molecular complexity index is 935. The van der Waals surface area contributed by atoms with E-state index in [0.29, 0.717) is 12.4 Å². The summed E-state index contributed by atoms with van der Waals surface area (Å²) in [5, 5.41) is 13.2. The first-order valence-corrected chi connectivity index (χ1v) is 9.79. The summed E-state index contributed by atoms with van der Waals surface area (Å²) >= 11 is 0. The van der Waals surface area contributed by atoms with Crippen molar-refractivity contribution < 1.29 is 9.90 Å². The van der Waals surface area contributed by atoms with Crippen molar-refractivity contribution in [2.24, 2.45) is 0 Å². The molecule has 4 rings (SSSR count). The third kappa shape index (κ3) is 4.08. The Hall–Kier alpha value is -2.70. The van der Waals surface area contributed by atoms with E-state index in [4.69, 9.17) is 0 Å². The molecule has 0 spiro atoms. The van der Waals surface area contributed by atoms with Crippen molar-refractivity contribution in [3.05, 3.63) is 65.5 Å². The summed E-state index contributed by atoms with van der Waals surface area (Å²) < 4.78 is 0. The highest BCUT2D eigenvalue weighted by atomic mass is 16.3. The van der Waals surface area contributed by atoms with Crippen LogP contribution >= 0.6 is 0 Å². The Kier molecular flexibility index (Phi) is 5.41. The van der Waals surface area contributed by atoms with E-state index >= 15 is 0 Å². The van der Waals surface area contributed by atoms with Gasteiger partial charge in [-0.3, -0.25) is 9.69 Å². The SMILES string of the molecule is C[C@H](C(=O)NCC(O)CN1CCc2ccccc2C1)c1nc2ccccc2[nH]1. The standard InChI is InChI=1S/C22H26N4O2/c1-15(21-24-19-8-4-5-9-20(19)25-21)22(28)23-12-18(27)14-26-11-10-16-6-2-3-7-17(16)13-26/h2-9,15,18,27H,10-14H2,1H3,(H,23,28)(H,24,25)/t15-,18?/m0/s1. The second-order valence-corrected chi connectivity index (χ2v) is 7.51. The highest BCUT2D eigenvalue weighted by Gasteiger charge is 2.21. The number of amides is 1. The maximum Gasteiger partial charge on any atom is 0.230 e. The zero-order chi connectivity index (χ0) is 19.5. The molecule has 1 aliphatic rings. The molecule has 2 atom stereocenters. The number of aliphatic hydroxyl groups excluding tert-OH is 1. The van der Waals surface area contributed by atoms with Crippen LogP contribution in [0.15, 0.2) is 48.5 Å². The zero-order valence-corrected chi connectivity index (χ0v) is 16.1. The number of para-hydroxylation sites is 2. The van der Waals surface area contributed by atoms with Crippen LogP contribution in [-0.2, 0) is 17.8 Å². The van der Waals surface area contributed by atoms with Gasteiger partial charge in [-0.2, -0.15) is 0 Å². The molecule has 28 heavy (non-hydrogen) atoms. The average Bonchev–Trinajstić information content (AvgIpc) is 3.15. The van der Waals surface area contributed by atoms with E-state index in [1.54, 1.807) is 0 Å². The number of β-amino-alcohol motifs (C(OH)–C–C–N with tert-alkyl or cyclic N) is 1. The van der Waals surface area contributed by atoms with Crippen LogP contribution < -0.4 is 5.32 Å². The molecule has 0 bridgehead atoms. The molecule has 6 heteroatoms. The number of hydrogen-bond donors (Lipinski definition) is 3. The highest BCUT2D eigenvalue weighted by Crippen LogP contribution is 2.19. The number of hydrogen-bond acceptors (Lipinski definition) is 4. The molecular formula is C22H26N4O2. The van der Waals surface area contributed by atoms with Crippen molar-refractivity contribution >= 4 is 16.9 Å². The molecule has 3 N–H and O–H groups in total. The average molecular weight is 378 g/mol. The summed E-state index contributed by atoms with van der Waals surface area (Å²) in [6.07, 6.45) is 0.398. The lowest BCUT2D eigenvalue weighted by Gasteiger charge is -2.30. The fraction of sp³-hybridized carbons (Fsp3) is 0.364. The van der Waals surface area contributed by atoms with E-state index in [-0.39, 0.29) is 12.5 Å². The molecule has 0 fully saturated rings. The van der Waals surface area contributed by atoms with Gasteiger partial charge >= 0.3 is 0 Å². The minimum Gasteiger partial charge on any atom is -0.390 e. The number of carbonyl (C=O) groups excluding carboxylic acids is 1. The quantitative estimate of drug-likeness (QED) is 0.614. The molecule has 0 saturated carbocycles. The first-order chi connectivity index (χ1) is 13.6. The molecule has 6 nitrogen and oxygen atoms in total. The minimum absolute atomic E-state index is 0.137. The summed E-state index contributed by atoms with van der Waals surface area (Å²) in [4.78, 5) is 22.4. The van der Waals surface area contributed by atoms with Gasteiger partial charge in [-0.05, 0) is 36.6 Å². The van der Waals surface area contributed by atoms with Gasteiger partial charge in [0.1, 0.15) is 5.82 Å². The Balaban J connectivity index is 1.28. The molecule has 0 aliphatic carbocycles. The molecule has 146 valence electrons. The monoisotopic (exact) mass is 378 g/mol. The van der Waals surface area contributed by atoms with Crippen LogP contribution in [0.25, 0.3) is 11.0 Å². The molecule has 2 aromatic carbocycles. The van der Waals surface area contributed by atoms with Gasteiger partial charge in [0.2, 0.25) is 5.91 Å². The number of aromatic amines is 1. The van der Waals surface area contributed by atoms with Crippen LogP contribution in [0.2, 0.25) is 0 Å². The third-order valence-electron chi connectivity index (χ3n) is 5.40. The van der Waals surface area contributed by atoms with Gasteiger partial charge in [-0.25, -0.2) is 4.98 Å². The van der Waals surface area contributed by atoms with Crippen molar-refractivity contribution in [3.8, 4) is 0 Å². The molecule has 2 heterocycles. The summed E-state index contributed by atoms with van der Waals surface area (Å²) in [5.41, 5.74) is 4.48. The van der Waals surface area contributed by atoms with E-state index in [9.17, 15) is 9.90 Å². The number of H-pyrrole nitrogens is 1. The molecule has 0 radical (unpaired) electrons. The van der Waals surface area contributed by atoms with Crippen molar-refractivity contribution in [1.29, 1.82) is 0 Å². The minimum atomic E-state index is -0.600. The largest absolute Gasteiger partial charge is 0.390 e. The number of carbonyl (C=O) groups is 1. The van der Waals surface area contributed by atoms with E-state index in [1.807, 2.05) is 31.2 Å². The number of rotatable bonds is 6. The van der Waals surface area contributed by atoms with Crippen molar-refractivity contribution in [3.63, 3.8) is 0 Å². The number of fused-ring (bicyclic) bond motifs is 2. The molecule has 3 aromatic rings. The highest BCUT2D eigenvalue weighted by molar-refractivity contribution is 5.84. The van der Waals surface area contributed by atoms with Crippen LogP contribution in [0.4, 0.5) is 0 Å². The predicted octanol–water partition coefficient (Wildman–Crippen LogP) is 2.20. The lowest BCUT2D eigenvalue weighted by atomic mass is 10.00. The van der Waals surface area contributed by atoms with Crippen LogP contribution in [-0.4, -0.2) is 51.6 Å². The summed E-state index contributed by atoms with van der Waals surface area (Å²) in [6.45, 7) is 4.38. The lowest BCUT2D eigenvalue weighted by molar-refractivity contribution is -0.122. The van der Waals surface area contributed by atoms with Crippen molar-refractivity contribution in [1.82, 2.24) is 20.2 Å². The Labute approximate surface area is 164 Å². The molecule has 1 aliphatic heterocycles. The van der Waals surface area contributed by atoms with Gasteiger partial charge < -0.3 is 15.4 Å². The van der Waals surface area contributed by atoms with E-state index in [0.717, 1.165) is 30.5 Å². The van der Waals surface area contributed by atoms with Gasteiger partial charge in [-0.15, -0.1) is 0 Å². The predicted molar refractivity (Wildman–Crippen MR) is 109 cm³/mol. The summed E-state index contributed by atoms with van der Waals surface area (Å²) in [6, 6.07) is 16.2. The zero-order valence-electron chi connectivity index (χ0n) is 16.1. The second-order valence-electron chi connectivity index (χ2n) is 7.51. The topological polar surface area (TPSA) is 81.2 Å². The Morgan fingerprint density at radius 2 is 1.96 bits per heavy atom. The molecule has 1 aromatic heterocycles. The molecular weight excluding hydrogens is 352 g/mol. The van der Waals surface area contributed by atoms with Gasteiger partial charge in [0.15, 0.2) is 0 Å². The maximum absolute atomic E-state index is 12.5. The second kappa shape index (κ2) is 8.12. The van der Waals surface area contributed by atoms with Gasteiger partial charge in [-0.1, -0.05) is 36.4 Å². The number of imidazole rings is 1. The number of nitrogens with one attached hydrogen (secondary N) is 2. The maximum atomic E-state index is 12.5. The Morgan fingerprint density at radius 1 is 1.21 bits per heavy atom.